The van der Waals surface area contributed by atoms with Crippen LogP contribution in [0, 0.1) is 11.8 Å². The molecule has 0 atom stereocenters. The molecule has 0 unspecified atom stereocenters. The van der Waals surface area contributed by atoms with Gasteiger partial charge in [0.25, 0.3) is 0 Å². The first-order chi connectivity index (χ1) is 7.50. The lowest BCUT2D eigenvalue weighted by molar-refractivity contribution is -0.117. The Labute approximate surface area is 93.1 Å². The zero-order chi connectivity index (χ0) is 12.1. The van der Waals surface area contributed by atoms with E-state index in [2.05, 4.69) is 11.8 Å². The third-order valence-electron chi connectivity index (χ3n) is 1.87. The van der Waals surface area contributed by atoms with Crippen LogP contribution in [0.5, 0.6) is 5.75 Å². The number of benzene rings is 1. The van der Waals surface area contributed by atoms with Crippen molar-refractivity contribution >= 4 is 11.7 Å². The van der Waals surface area contributed by atoms with Gasteiger partial charge in [-0.3, -0.25) is 9.59 Å². The topological polar surface area (TPSA) is 80.4 Å². The summed E-state index contributed by atoms with van der Waals surface area (Å²) in [6.45, 7) is 1.36. The largest absolute Gasteiger partial charge is 0.507 e. The fourth-order valence-electron chi connectivity index (χ4n) is 1.13. The van der Waals surface area contributed by atoms with E-state index in [1.807, 2.05) is 0 Å². The fourth-order valence-corrected chi connectivity index (χ4v) is 1.13. The standard InChI is InChI=1S/C12H11NO3/c1-8(14)10-7-9(5-6-11(10)15)3-2-4-12(13)16/h5-7,15H,4H2,1H3,(H2,13,16). The number of aromatic hydroxyl groups is 1. The maximum absolute atomic E-state index is 11.1. The van der Waals surface area contributed by atoms with Crippen LogP contribution >= 0.6 is 0 Å². The number of rotatable bonds is 2. The maximum Gasteiger partial charge on any atom is 0.229 e. The number of nitrogens with two attached hydrogens (primary N) is 1. The van der Waals surface area contributed by atoms with Gasteiger partial charge < -0.3 is 10.8 Å². The molecule has 0 aliphatic rings. The number of ketones is 1. The minimum absolute atomic E-state index is 0.0315. The highest BCUT2D eigenvalue weighted by Crippen LogP contribution is 2.18. The zero-order valence-corrected chi connectivity index (χ0v) is 8.78. The summed E-state index contributed by atoms with van der Waals surface area (Å²) < 4.78 is 0. The average molecular weight is 217 g/mol. The van der Waals surface area contributed by atoms with Crippen molar-refractivity contribution in [2.24, 2.45) is 5.73 Å². The van der Waals surface area contributed by atoms with E-state index in [1.165, 1.54) is 19.1 Å². The summed E-state index contributed by atoms with van der Waals surface area (Å²) in [7, 11) is 0. The van der Waals surface area contributed by atoms with Gasteiger partial charge in [-0.2, -0.15) is 0 Å². The molecule has 0 saturated heterocycles. The number of phenols is 1. The van der Waals surface area contributed by atoms with Crippen LogP contribution < -0.4 is 5.73 Å². The van der Waals surface area contributed by atoms with E-state index < -0.39 is 5.91 Å². The Balaban J connectivity index is 2.98. The molecule has 82 valence electrons. The van der Waals surface area contributed by atoms with E-state index in [0.29, 0.717) is 5.56 Å². The van der Waals surface area contributed by atoms with Crippen molar-refractivity contribution in [3.05, 3.63) is 29.3 Å². The maximum atomic E-state index is 11.1. The average Bonchev–Trinajstić information content (AvgIpc) is 2.19. The molecule has 0 bridgehead atoms. The van der Waals surface area contributed by atoms with Crippen LogP contribution in [0.4, 0.5) is 0 Å². The number of primary amides is 1. The van der Waals surface area contributed by atoms with Crippen molar-refractivity contribution in [3.63, 3.8) is 0 Å². The SMILES string of the molecule is CC(=O)c1cc(C#CCC(N)=O)ccc1O. The summed E-state index contributed by atoms with van der Waals surface area (Å²) in [4.78, 5) is 21.6. The molecule has 1 amide bonds. The number of Topliss-reactive ketones (excluding diaryl/α,β-unsaturated/α-hetero) is 1. The number of carbonyl (C=O) groups is 2. The third-order valence-corrected chi connectivity index (χ3v) is 1.87. The molecule has 1 aromatic carbocycles. The summed E-state index contributed by atoms with van der Waals surface area (Å²) in [6, 6.07) is 4.44. The molecular weight excluding hydrogens is 206 g/mol. The minimum atomic E-state index is -0.502. The molecule has 4 heteroatoms. The Morgan fingerprint density at radius 1 is 1.44 bits per heavy atom. The lowest BCUT2D eigenvalue weighted by atomic mass is 10.1. The van der Waals surface area contributed by atoms with Crippen LogP contribution in [-0.4, -0.2) is 16.8 Å². The van der Waals surface area contributed by atoms with Crippen LogP contribution in [0.2, 0.25) is 0 Å². The van der Waals surface area contributed by atoms with Crippen molar-refractivity contribution < 1.29 is 14.7 Å². The van der Waals surface area contributed by atoms with Crippen LogP contribution in [0.25, 0.3) is 0 Å². The second-order valence-electron chi connectivity index (χ2n) is 3.23. The molecule has 0 aliphatic carbocycles. The van der Waals surface area contributed by atoms with Crippen molar-refractivity contribution in [3.8, 4) is 17.6 Å². The number of carbonyl (C=O) groups excluding carboxylic acids is 2. The molecule has 0 saturated carbocycles. The zero-order valence-electron chi connectivity index (χ0n) is 8.78. The molecule has 16 heavy (non-hydrogen) atoms. The van der Waals surface area contributed by atoms with E-state index >= 15 is 0 Å². The summed E-state index contributed by atoms with van der Waals surface area (Å²) in [5.41, 5.74) is 5.70. The monoisotopic (exact) mass is 217 g/mol. The lowest BCUT2D eigenvalue weighted by Gasteiger charge is -2.00. The van der Waals surface area contributed by atoms with Gasteiger partial charge in [0.15, 0.2) is 5.78 Å². The first kappa shape index (κ1) is 11.8. The number of amides is 1. The minimum Gasteiger partial charge on any atom is -0.507 e. The van der Waals surface area contributed by atoms with Gasteiger partial charge in [-0.15, -0.1) is 0 Å². The summed E-state index contributed by atoms with van der Waals surface area (Å²) in [5.74, 6) is 4.44. The predicted molar refractivity (Wildman–Crippen MR) is 58.8 cm³/mol. The van der Waals surface area contributed by atoms with Crippen molar-refractivity contribution in [2.75, 3.05) is 0 Å². The Kier molecular flexibility index (Phi) is 3.67. The lowest BCUT2D eigenvalue weighted by Crippen LogP contribution is -2.08. The molecule has 0 radical (unpaired) electrons. The molecule has 4 nitrogen and oxygen atoms in total. The Bertz CT molecular complexity index is 495. The first-order valence-electron chi connectivity index (χ1n) is 4.62. The van der Waals surface area contributed by atoms with Crippen LogP contribution in [0.15, 0.2) is 18.2 Å². The smallest absolute Gasteiger partial charge is 0.229 e. The van der Waals surface area contributed by atoms with E-state index in [4.69, 9.17) is 5.73 Å². The fraction of sp³-hybridized carbons (Fsp3) is 0.167. The first-order valence-corrected chi connectivity index (χ1v) is 4.62. The molecule has 1 rings (SSSR count). The Morgan fingerprint density at radius 2 is 2.12 bits per heavy atom. The molecule has 0 spiro atoms. The normalized spacial score (nSPS) is 9.06. The Hall–Kier alpha value is -2.28. The quantitative estimate of drug-likeness (QED) is 0.568. The number of hydrogen-bond donors (Lipinski definition) is 2. The van der Waals surface area contributed by atoms with Gasteiger partial charge in [-0.1, -0.05) is 11.8 Å². The second kappa shape index (κ2) is 4.99. The number of phenolic OH excluding ortho intramolecular Hbond substituents is 1. The van der Waals surface area contributed by atoms with Crippen molar-refractivity contribution in [1.82, 2.24) is 0 Å². The molecular formula is C12H11NO3. The molecule has 3 N–H and O–H groups in total. The van der Waals surface area contributed by atoms with Gasteiger partial charge in [-0.05, 0) is 25.1 Å². The Morgan fingerprint density at radius 3 is 2.69 bits per heavy atom. The molecule has 0 heterocycles. The number of hydrogen-bond acceptors (Lipinski definition) is 3. The van der Waals surface area contributed by atoms with Gasteiger partial charge in [0.05, 0.1) is 12.0 Å². The van der Waals surface area contributed by atoms with Gasteiger partial charge in [-0.25, -0.2) is 0 Å². The van der Waals surface area contributed by atoms with Crippen LogP contribution in [-0.2, 0) is 4.79 Å². The van der Waals surface area contributed by atoms with Crippen LogP contribution in [0.1, 0.15) is 29.3 Å². The second-order valence-corrected chi connectivity index (χ2v) is 3.23. The highest BCUT2D eigenvalue weighted by molar-refractivity contribution is 5.97. The highest BCUT2D eigenvalue weighted by atomic mass is 16.3. The summed E-state index contributed by atoms with van der Waals surface area (Å²) in [5, 5.41) is 9.38. The third kappa shape index (κ3) is 3.14. The van der Waals surface area contributed by atoms with E-state index in [1.54, 1.807) is 6.07 Å². The molecule has 0 aromatic heterocycles. The van der Waals surface area contributed by atoms with Gasteiger partial charge in [0.2, 0.25) is 5.91 Å². The van der Waals surface area contributed by atoms with E-state index in [0.717, 1.165) is 0 Å². The van der Waals surface area contributed by atoms with E-state index in [-0.39, 0.29) is 23.5 Å². The predicted octanol–water partition coefficient (Wildman–Crippen LogP) is 0.822. The van der Waals surface area contributed by atoms with Gasteiger partial charge in [0, 0.05) is 5.56 Å². The van der Waals surface area contributed by atoms with Crippen LogP contribution in [0.3, 0.4) is 0 Å². The molecule has 0 aliphatic heterocycles. The summed E-state index contributed by atoms with van der Waals surface area (Å²) in [6.07, 6.45) is -0.0315. The molecule has 0 fully saturated rings. The summed E-state index contributed by atoms with van der Waals surface area (Å²) >= 11 is 0. The van der Waals surface area contributed by atoms with Gasteiger partial charge >= 0.3 is 0 Å². The van der Waals surface area contributed by atoms with Gasteiger partial charge in [0.1, 0.15) is 5.75 Å². The van der Waals surface area contributed by atoms with Crippen molar-refractivity contribution in [1.29, 1.82) is 0 Å². The highest BCUT2D eigenvalue weighted by Gasteiger charge is 2.05. The van der Waals surface area contributed by atoms with E-state index in [9.17, 15) is 14.7 Å². The molecule has 1 aromatic rings. The van der Waals surface area contributed by atoms with Crippen molar-refractivity contribution in [2.45, 2.75) is 13.3 Å².